The summed E-state index contributed by atoms with van der Waals surface area (Å²) >= 11 is 3.06. The van der Waals surface area contributed by atoms with E-state index < -0.39 is 5.82 Å². The lowest BCUT2D eigenvalue weighted by molar-refractivity contribution is 0.436. The maximum Gasteiger partial charge on any atom is 0.328 e. The summed E-state index contributed by atoms with van der Waals surface area (Å²) < 4.78 is 20.2. The Morgan fingerprint density at radius 1 is 1.24 bits per heavy atom. The predicted octanol–water partition coefficient (Wildman–Crippen LogP) is 1.73. The number of benzene rings is 1. The summed E-state index contributed by atoms with van der Waals surface area (Å²) in [5, 5.41) is 3.89. The van der Waals surface area contributed by atoms with Gasteiger partial charge in [0.05, 0.1) is 4.47 Å². The van der Waals surface area contributed by atoms with E-state index in [1.807, 2.05) is 0 Å². The Morgan fingerprint density at radius 2 is 2.10 bits per heavy atom. The number of rotatable bonds is 3. The second-order valence-corrected chi connectivity index (χ2v) is 4.65. The molecule has 0 bridgehead atoms. The van der Waals surface area contributed by atoms with Crippen LogP contribution in [0, 0.1) is 5.82 Å². The zero-order chi connectivity index (χ0) is 14.8. The first-order valence-electron chi connectivity index (χ1n) is 5.61. The minimum absolute atomic E-state index is 0.0355. The Hall–Kier alpha value is -2.62. The molecule has 0 unspecified atom stereocenters. The molecule has 0 aliphatic carbocycles. The molecule has 3 rings (SSSR count). The van der Waals surface area contributed by atoms with Gasteiger partial charge in [-0.3, -0.25) is 0 Å². The van der Waals surface area contributed by atoms with Crippen molar-refractivity contribution in [2.24, 2.45) is 0 Å². The van der Waals surface area contributed by atoms with E-state index in [-0.39, 0.29) is 22.4 Å². The van der Waals surface area contributed by atoms with Crippen molar-refractivity contribution in [3.63, 3.8) is 0 Å². The van der Waals surface area contributed by atoms with Crippen molar-refractivity contribution < 1.29 is 9.13 Å². The average Bonchev–Trinajstić information content (AvgIpc) is 2.96. The summed E-state index contributed by atoms with van der Waals surface area (Å²) in [7, 11) is 0. The van der Waals surface area contributed by atoms with Crippen LogP contribution in [0.3, 0.4) is 0 Å². The fourth-order valence-electron chi connectivity index (χ4n) is 1.47. The maximum atomic E-state index is 13.2. The van der Waals surface area contributed by atoms with Gasteiger partial charge in [-0.25, -0.2) is 9.37 Å². The lowest BCUT2D eigenvalue weighted by Gasteiger charge is -2.06. The molecule has 0 spiro atoms. The van der Waals surface area contributed by atoms with Gasteiger partial charge in [0, 0.05) is 0 Å². The van der Waals surface area contributed by atoms with Crippen molar-refractivity contribution in [3.8, 4) is 17.7 Å². The third-order valence-electron chi connectivity index (χ3n) is 2.34. The SMILES string of the molecule is Nc1nc(Oc2ccc(F)c(Br)c2)nc(-n2cncn2)n1. The van der Waals surface area contributed by atoms with Crippen molar-refractivity contribution in [2.75, 3.05) is 5.73 Å². The van der Waals surface area contributed by atoms with Gasteiger partial charge in [0.25, 0.3) is 5.95 Å². The van der Waals surface area contributed by atoms with E-state index in [2.05, 4.69) is 41.0 Å². The van der Waals surface area contributed by atoms with Crippen LogP contribution in [0.15, 0.2) is 35.3 Å². The van der Waals surface area contributed by atoms with Crippen molar-refractivity contribution in [1.29, 1.82) is 0 Å². The monoisotopic (exact) mass is 351 g/mol. The van der Waals surface area contributed by atoms with Crippen molar-refractivity contribution in [1.82, 2.24) is 29.7 Å². The van der Waals surface area contributed by atoms with Gasteiger partial charge in [-0.1, -0.05) is 0 Å². The first-order chi connectivity index (χ1) is 10.1. The molecule has 0 saturated carbocycles. The van der Waals surface area contributed by atoms with Gasteiger partial charge in [-0.05, 0) is 34.1 Å². The van der Waals surface area contributed by atoms with Crippen molar-refractivity contribution in [2.45, 2.75) is 0 Å². The number of nitrogens with zero attached hydrogens (tertiary/aromatic N) is 6. The largest absolute Gasteiger partial charge is 0.424 e. The molecule has 0 aliphatic heterocycles. The van der Waals surface area contributed by atoms with Crippen molar-refractivity contribution in [3.05, 3.63) is 41.1 Å². The second-order valence-electron chi connectivity index (χ2n) is 3.79. The number of ether oxygens (including phenoxy) is 1. The normalized spacial score (nSPS) is 10.6. The topological polar surface area (TPSA) is 105 Å². The van der Waals surface area contributed by atoms with Gasteiger partial charge in [0.2, 0.25) is 5.95 Å². The number of anilines is 1. The molecule has 1 aromatic carbocycles. The van der Waals surface area contributed by atoms with Gasteiger partial charge >= 0.3 is 6.01 Å². The van der Waals surface area contributed by atoms with Gasteiger partial charge in [-0.2, -0.15) is 24.7 Å². The summed E-state index contributed by atoms with van der Waals surface area (Å²) in [5.74, 6) is 0.0714. The molecule has 3 aromatic rings. The lowest BCUT2D eigenvalue weighted by atomic mass is 10.3. The van der Waals surface area contributed by atoms with E-state index in [4.69, 9.17) is 10.5 Å². The van der Waals surface area contributed by atoms with E-state index in [1.165, 1.54) is 35.5 Å². The van der Waals surface area contributed by atoms with E-state index in [0.29, 0.717) is 5.75 Å². The average molecular weight is 352 g/mol. The molecule has 0 aliphatic rings. The molecule has 2 aromatic heterocycles. The number of nitrogen functional groups attached to an aromatic ring is 1. The number of hydrogen-bond donors (Lipinski definition) is 1. The molecule has 0 atom stereocenters. The van der Waals surface area contributed by atoms with Gasteiger partial charge in [-0.15, -0.1) is 0 Å². The fraction of sp³-hybridized carbons (Fsp3) is 0. The van der Waals surface area contributed by atoms with Crippen LogP contribution in [0.4, 0.5) is 10.3 Å². The Kier molecular flexibility index (Phi) is 3.44. The summed E-state index contributed by atoms with van der Waals surface area (Å²) in [6.45, 7) is 0. The Labute approximate surface area is 126 Å². The van der Waals surface area contributed by atoms with Crippen LogP contribution in [-0.2, 0) is 0 Å². The quantitative estimate of drug-likeness (QED) is 0.765. The predicted molar refractivity (Wildman–Crippen MR) is 73.3 cm³/mol. The first-order valence-corrected chi connectivity index (χ1v) is 6.40. The van der Waals surface area contributed by atoms with Crippen LogP contribution in [0.1, 0.15) is 0 Å². The smallest absolute Gasteiger partial charge is 0.328 e. The van der Waals surface area contributed by atoms with E-state index in [1.54, 1.807) is 0 Å². The first kappa shape index (κ1) is 13.4. The zero-order valence-electron chi connectivity index (χ0n) is 10.3. The molecule has 2 N–H and O–H groups in total. The van der Waals surface area contributed by atoms with Crippen LogP contribution in [0.2, 0.25) is 0 Å². The van der Waals surface area contributed by atoms with Crippen LogP contribution < -0.4 is 10.5 Å². The standard InChI is InChI=1S/C11H7BrFN7O/c12-7-3-6(1-2-8(7)13)21-11-18-9(14)17-10(19-11)20-5-15-4-16-20/h1-5H,(H2,14,17,18,19). The number of nitrogens with two attached hydrogens (primary N) is 1. The van der Waals surface area contributed by atoms with E-state index in [0.717, 1.165) is 0 Å². The lowest BCUT2D eigenvalue weighted by Crippen LogP contribution is -2.08. The molecular weight excluding hydrogens is 345 g/mol. The minimum Gasteiger partial charge on any atom is -0.424 e. The summed E-state index contributed by atoms with van der Waals surface area (Å²) in [4.78, 5) is 15.6. The summed E-state index contributed by atoms with van der Waals surface area (Å²) in [6, 6.07) is 4.11. The number of hydrogen-bond acceptors (Lipinski definition) is 7. The Morgan fingerprint density at radius 3 is 2.81 bits per heavy atom. The highest BCUT2D eigenvalue weighted by molar-refractivity contribution is 9.10. The van der Waals surface area contributed by atoms with Crippen LogP contribution >= 0.6 is 15.9 Å². The molecule has 106 valence electrons. The molecule has 0 radical (unpaired) electrons. The van der Waals surface area contributed by atoms with Crippen molar-refractivity contribution >= 4 is 21.9 Å². The molecule has 2 heterocycles. The summed E-state index contributed by atoms with van der Waals surface area (Å²) in [6.07, 6.45) is 2.74. The van der Waals surface area contributed by atoms with E-state index >= 15 is 0 Å². The molecular formula is C11H7BrFN7O. The maximum absolute atomic E-state index is 13.2. The zero-order valence-corrected chi connectivity index (χ0v) is 11.9. The molecule has 21 heavy (non-hydrogen) atoms. The Balaban J connectivity index is 1.93. The third kappa shape index (κ3) is 2.94. The van der Waals surface area contributed by atoms with E-state index in [9.17, 15) is 4.39 Å². The highest BCUT2D eigenvalue weighted by atomic mass is 79.9. The van der Waals surface area contributed by atoms with Crippen LogP contribution in [-0.4, -0.2) is 29.7 Å². The highest BCUT2D eigenvalue weighted by Gasteiger charge is 2.10. The second kappa shape index (κ2) is 5.40. The molecule has 8 nitrogen and oxygen atoms in total. The molecule has 0 saturated heterocycles. The third-order valence-corrected chi connectivity index (χ3v) is 2.95. The van der Waals surface area contributed by atoms with Crippen LogP contribution in [0.25, 0.3) is 5.95 Å². The highest BCUT2D eigenvalue weighted by Crippen LogP contribution is 2.25. The molecule has 10 heteroatoms. The van der Waals surface area contributed by atoms with Crippen LogP contribution in [0.5, 0.6) is 11.8 Å². The van der Waals surface area contributed by atoms with Gasteiger partial charge < -0.3 is 10.5 Å². The molecule has 0 amide bonds. The fourth-order valence-corrected chi connectivity index (χ4v) is 1.82. The summed E-state index contributed by atoms with van der Waals surface area (Å²) in [5.41, 5.74) is 5.60. The number of aromatic nitrogens is 6. The molecule has 0 fully saturated rings. The Bertz CT molecular complexity index is 780. The number of halogens is 2. The minimum atomic E-state index is -0.402. The van der Waals surface area contributed by atoms with Gasteiger partial charge in [0.1, 0.15) is 24.2 Å². The van der Waals surface area contributed by atoms with Gasteiger partial charge in [0.15, 0.2) is 0 Å².